The van der Waals surface area contributed by atoms with Gasteiger partial charge in [-0.25, -0.2) is 4.79 Å². The molecular formula is C18H22O3. The van der Waals surface area contributed by atoms with Crippen molar-refractivity contribution in [3.8, 4) is 5.75 Å². The summed E-state index contributed by atoms with van der Waals surface area (Å²) in [6.07, 6.45) is 6.67. The van der Waals surface area contributed by atoms with E-state index in [9.17, 15) is 4.79 Å². The largest absolute Gasteiger partial charge is 0.494 e. The average Bonchev–Trinajstić information content (AvgIpc) is 2.50. The van der Waals surface area contributed by atoms with Gasteiger partial charge in [0.2, 0.25) is 0 Å². The first-order chi connectivity index (χ1) is 10.2. The summed E-state index contributed by atoms with van der Waals surface area (Å²) in [7, 11) is 0. The number of hydrogen-bond donors (Lipinski definition) is 0. The van der Waals surface area contributed by atoms with Crippen molar-refractivity contribution in [1.29, 1.82) is 0 Å². The summed E-state index contributed by atoms with van der Waals surface area (Å²) in [4.78, 5) is 12.0. The number of allylic oxidation sites excluding steroid dienone is 1. The lowest BCUT2D eigenvalue weighted by Crippen LogP contribution is -2.03. The van der Waals surface area contributed by atoms with Crippen LogP contribution in [0.4, 0.5) is 0 Å². The SMILES string of the molecule is C=CCCc1cc2ccc(OCCCCC)cc2c(=O)o1. The highest BCUT2D eigenvalue weighted by atomic mass is 16.5. The lowest BCUT2D eigenvalue weighted by atomic mass is 10.1. The van der Waals surface area contributed by atoms with Crippen LogP contribution in [-0.4, -0.2) is 6.61 Å². The molecule has 3 nitrogen and oxygen atoms in total. The fraction of sp³-hybridized carbons (Fsp3) is 0.389. The molecule has 1 aromatic carbocycles. The van der Waals surface area contributed by atoms with Gasteiger partial charge in [-0.1, -0.05) is 31.9 Å². The van der Waals surface area contributed by atoms with E-state index in [2.05, 4.69) is 13.5 Å². The van der Waals surface area contributed by atoms with Crippen LogP contribution >= 0.6 is 0 Å². The van der Waals surface area contributed by atoms with Gasteiger partial charge in [0.05, 0.1) is 12.0 Å². The van der Waals surface area contributed by atoms with Crippen LogP contribution in [0, 0.1) is 0 Å². The third-order valence-corrected chi connectivity index (χ3v) is 3.40. The molecule has 2 aromatic rings. The highest BCUT2D eigenvalue weighted by molar-refractivity contribution is 5.82. The highest BCUT2D eigenvalue weighted by Gasteiger charge is 2.06. The average molecular weight is 286 g/mol. The van der Waals surface area contributed by atoms with Crippen LogP contribution in [0.25, 0.3) is 10.8 Å². The maximum Gasteiger partial charge on any atom is 0.343 e. The standard InChI is InChI=1S/C18H22O3/c1-3-5-7-11-20-15-10-9-14-12-16(8-6-4-2)21-18(19)17(14)13-15/h4,9-10,12-13H,2-3,5-8,11H2,1H3. The Morgan fingerprint density at radius 2 is 2.14 bits per heavy atom. The zero-order chi connectivity index (χ0) is 15.1. The van der Waals surface area contributed by atoms with E-state index >= 15 is 0 Å². The van der Waals surface area contributed by atoms with Gasteiger partial charge in [-0.15, -0.1) is 6.58 Å². The van der Waals surface area contributed by atoms with Gasteiger partial charge in [0.25, 0.3) is 0 Å². The molecule has 0 unspecified atom stereocenters. The zero-order valence-electron chi connectivity index (χ0n) is 12.6. The Bertz CT molecular complexity index is 655. The van der Waals surface area contributed by atoms with E-state index in [0.29, 0.717) is 24.2 Å². The molecule has 0 N–H and O–H groups in total. The van der Waals surface area contributed by atoms with Crippen LogP contribution in [0.3, 0.4) is 0 Å². The number of ether oxygens (including phenoxy) is 1. The minimum atomic E-state index is -0.300. The molecule has 0 aliphatic rings. The minimum Gasteiger partial charge on any atom is -0.494 e. The van der Waals surface area contributed by atoms with E-state index in [1.165, 1.54) is 0 Å². The quantitative estimate of drug-likeness (QED) is 0.530. The molecule has 0 saturated carbocycles. The first-order valence-corrected chi connectivity index (χ1v) is 7.55. The van der Waals surface area contributed by atoms with E-state index in [4.69, 9.17) is 9.15 Å². The van der Waals surface area contributed by atoms with Gasteiger partial charge >= 0.3 is 5.63 Å². The Hall–Kier alpha value is -2.03. The Balaban J connectivity index is 2.17. The molecule has 21 heavy (non-hydrogen) atoms. The number of unbranched alkanes of at least 4 members (excludes halogenated alkanes) is 2. The molecule has 0 radical (unpaired) electrons. The van der Waals surface area contributed by atoms with E-state index in [-0.39, 0.29) is 5.63 Å². The van der Waals surface area contributed by atoms with Crippen LogP contribution in [0.15, 0.2) is 46.1 Å². The maximum absolute atomic E-state index is 12.0. The first kappa shape index (κ1) is 15.4. The Morgan fingerprint density at radius 1 is 1.29 bits per heavy atom. The summed E-state index contributed by atoms with van der Waals surface area (Å²) >= 11 is 0. The topological polar surface area (TPSA) is 39.4 Å². The maximum atomic E-state index is 12.0. The van der Waals surface area contributed by atoms with E-state index in [1.807, 2.05) is 24.3 Å². The molecule has 1 heterocycles. The van der Waals surface area contributed by atoms with Crippen LogP contribution in [-0.2, 0) is 6.42 Å². The van der Waals surface area contributed by atoms with Gasteiger partial charge in [0.1, 0.15) is 11.5 Å². The molecular weight excluding hydrogens is 264 g/mol. The summed E-state index contributed by atoms with van der Waals surface area (Å²) in [5.74, 6) is 1.42. The highest BCUT2D eigenvalue weighted by Crippen LogP contribution is 2.20. The van der Waals surface area contributed by atoms with Crippen LogP contribution < -0.4 is 10.4 Å². The predicted molar refractivity (Wildman–Crippen MR) is 86.0 cm³/mol. The Morgan fingerprint density at radius 3 is 2.90 bits per heavy atom. The second kappa shape index (κ2) is 7.67. The van der Waals surface area contributed by atoms with Crippen LogP contribution in [0.5, 0.6) is 5.75 Å². The number of fused-ring (bicyclic) bond motifs is 1. The molecule has 1 aromatic heterocycles. The molecule has 0 aliphatic heterocycles. The van der Waals surface area contributed by atoms with Gasteiger partial charge in [-0.2, -0.15) is 0 Å². The molecule has 2 rings (SSSR count). The second-order valence-corrected chi connectivity index (χ2v) is 5.13. The molecule has 0 saturated heterocycles. The van der Waals surface area contributed by atoms with Crippen LogP contribution in [0.2, 0.25) is 0 Å². The van der Waals surface area contributed by atoms with Gasteiger partial charge in [-0.05, 0) is 36.4 Å². The second-order valence-electron chi connectivity index (χ2n) is 5.13. The van der Waals surface area contributed by atoms with Crippen molar-refractivity contribution in [2.45, 2.75) is 39.0 Å². The number of hydrogen-bond acceptors (Lipinski definition) is 3. The third-order valence-electron chi connectivity index (χ3n) is 3.40. The van der Waals surface area contributed by atoms with E-state index in [0.717, 1.165) is 36.8 Å². The fourth-order valence-corrected chi connectivity index (χ4v) is 2.21. The van der Waals surface area contributed by atoms with Crippen molar-refractivity contribution in [1.82, 2.24) is 0 Å². The molecule has 0 amide bonds. The third kappa shape index (κ3) is 4.22. The van der Waals surface area contributed by atoms with Gasteiger partial charge in [0.15, 0.2) is 0 Å². The van der Waals surface area contributed by atoms with Crippen molar-refractivity contribution < 1.29 is 9.15 Å². The van der Waals surface area contributed by atoms with E-state index < -0.39 is 0 Å². The van der Waals surface area contributed by atoms with Crippen molar-refractivity contribution >= 4 is 10.8 Å². The van der Waals surface area contributed by atoms with Crippen molar-refractivity contribution in [3.63, 3.8) is 0 Å². The van der Waals surface area contributed by atoms with Gasteiger partial charge in [0, 0.05) is 6.42 Å². The molecule has 112 valence electrons. The summed E-state index contributed by atoms with van der Waals surface area (Å²) in [5.41, 5.74) is -0.300. The fourth-order valence-electron chi connectivity index (χ4n) is 2.21. The predicted octanol–water partition coefficient (Wildman–Crippen LogP) is 4.48. The molecule has 0 aliphatic carbocycles. The number of aryl methyl sites for hydroxylation is 1. The van der Waals surface area contributed by atoms with Crippen molar-refractivity contribution in [2.75, 3.05) is 6.61 Å². The summed E-state index contributed by atoms with van der Waals surface area (Å²) < 4.78 is 11.0. The van der Waals surface area contributed by atoms with E-state index in [1.54, 1.807) is 6.07 Å². The molecule has 3 heteroatoms. The lowest BCUT2D eigenvalue weighted by molar-refractivity contribution is 0.306. The molecule has 0 bridgehead atoms. The first-order valence-electron chi connectivity index (χ1n) is 7.55. The number of rotatable bonds is 8. The van der Waals surface area contributed by atoms with Crippen LogP contribution in [0.1, 0.15) is 38.4 Å². The Kier molecular flexibility index (Phi) is 5.61. The molecule has 0 spiro atoms. The minimum absolute atomic E-state index is 0.300. The Labute approximate surface area is 125 Å². The zero-order valence-corrected chi connectivity index (χ0v) is 12.6. The smallest absolute Gasteiger partial charge is 0.343 e. The summed E-state index contributed by atoms with van der Waals surface area (Å²) in [6.45, 7) is 6.52. The summed E-state index contributed by atoms with van der Waals surface area (Å²) in [5, 5.41) is 1.47. The van der Waals surface area contributed by atoms with Crippen molar-refractivity contribution in [2.24, 2.45) is 0 Å². The monoisotopic (exact) mass is 286 g/mol. The van der Waals surface area contributed by atoms with Gasteiger partial charge < -0.3 is 9.15 Å². The lowest BCUT2D eigenvalue weighted by Gasteiger charge is -2.07. The summed E-state index contributed by atoms with van der Waals surface area (Å²) in [6, 6.07) is 7.51. The van der Waals surface area contributed by atoms with Crippen molar-refractivity contribution in [3.05, 3.63) is 53.1 Å². The molecule has 0 fully saturated rings. The number of benzene rings is 1. The molecule has 0 atom stereocenters. The van der Waals surface area contributed by atoms with Gasteiger partial charge in [-0.3, -0.25) is 0 Å². The normalized spacial score (nSPS) is 10.7.